The van der Waals surface area contributed by atoms with Gasteiger partial charge in [-0.2, -0.15) is 0 Å². The summed E-state index contributed by atoms with van der Waals surface area (Å²) in [5, 5.41) is 6.30. The highest BCUT2D eigenvalue weighted by Gasteiger charge is 2.17. The molecule has 28 heavy (non-hydrogen) atoms. The number of para-hydroxylation sites is 1. The summed E-state index contributed by atoms with van der Waals surface area (Å²) in [6.45, 7) is 6.68. The van der Waals surface area contributed by atoms with E-state index in [0.717, 1.165) is 10.6 Å². The molecule has 1 unspecified atom stereocenters. The predicted octanol–water partition coefficient (Wildman–Crippen LogP) is 3.38. The second kappa shape index (κ2) is 9.41. The maximum Gasteiger partial charge on any atom is 0.279 e. The van der Waals surface area contributed by atoms with Gasteiger partial charge in [-0.05, 0) is 35.2 Å². The number of rotatable bonds is 6. The Hall–Kier alpha value is -2.08. The molecule has 1 atom stereocenters. The summed E-state index contributed by atoms with van der Waals surface area (Å²) in [7, 11) is 1.77. The molecule has 7 heteroatoms. The van der Waals surface area contributed by atoms with Crippen molar-refractivity contribution in [1.29, 1.82) is 0 Å². The van der Waals surface area contributed by atoms with E-state index in [2.05, 4.69) is 31.4 Å². The maximum absolute atomic E-state index is 12.2. The van der Waals surface area contributed by atoms with Gasteiger partial charge < -0.3 is 15.5 Å². The van der Waals surface area contributed by atoms with Crippen molar-refractivity contribution >= 4 is 46.4 Å². The van der Waals surface area contributed by atoms with Gasteiger partial charge in [0.15, 0.2) is 13.1 Å². The predicted molar refractivity (Wildman–Crippen MR) is 115 cm³/mol. The quantitative estimate of drug-likeness (QED) is 0.667. The van der Waals surface area contributed by atoms with Crippen LogP contribution in [0.3, 0.4) is 0 Å². The molecule has 0 heterocycles. The van der Waals surface area contributed by atoms with Crippen molar-refractivity contribution in [2.75, 3.05) is 30.8 Å². The van der Waals surface area contributed by atoms with Crippen molar-refractivity contribution in [1.82, 2.24) is 0 Å². The molecule has 0 aliphatic rings. The number of likely N-dealkylation sites (N-methyl/N-ethyl adjacent to an activating group) is 1. The molecule has 0 aromatic heterocycles. The van der Waals surface area contributed by atoms with E-state index in [1.807, 2.05) is 24.3 Å². The number of amides is 2. The molecule has 150 valence electrons. The zero-order valence-electron chi connectivity index (χ0n) is 16.5. The first-order chi connectivity index (χ1) is 13.1. The summed E-state index contributed by atoms with van der Waals surface area (Å²) in [6.07, 6.45) is 0. The Morgan fingerprint density at radius 3 is 1.89 bits per heavy atom. The molecule has 0 fully saturated rings. The van der Waals surface area contributed by atoms with E-state index in [0.29, 0.717) is 15.7 Å². The summed E-state index contributed by atoms with van der Waals surface area (Å²) in [5.41, 5.74) is 2.37. The zero-order chi connectivity index (χ0) is 20.9. The highest BCUT2D eigenvalue weighted by atomic mass is 35.5. The SMILES string of the molecule is C[NH+](CC(=O)Nc1ccc(C(C)(C)C)cc1)CC(=O)Nc1c(Cl)cccc1Cl. The van der Waals surface area contributed by atoms with Gasteiger partial charge in [-0.15, -0.1) is 0 Å². The van der Waals surface area contributed by atoms with Gasteiger partial charge in [-0.1, -0.05) is 62.2 Å². The van der Waals surface area contributed by atoms with Gasteiger partial charge in [0.2, 0.25) is 0 Å². The highest BCUT2D eigenvalue weighted by Crippen LogP contribution is 2.29. The first-order valence-electron chi connectivity index (χ1n) is 9.02. The fourth-order valence-electron chi connectivity index (χ4n) is 2.67. The lowest BCUT2D eigenvalue weighted by Crippen LogP contribution is -3.11. The molecule has 0 aliphatic carbocycles. The Labute approximate surface area is 176 Å². The van der Waals surface area contributed by atoms with Crippen LogP contribution in [0.25, 0.3) is 0 Å². The number of hydrogen-bond donors (Lipinski definition) is 3. The van der Waals surface area contributed by atoms with Gasteiger partial charge in [-0.25, -0.2) is 0 Å². The molecule has 2 amide bonds. The van der Waals surface area contributed by atoms with Crippen molar-refractivity contribution in [3.8, 4) is 0 Å². The zero-order valence-corrected chi connectivity index (χ0v) is 18.0. The van der Waals surface area contributed by atoms with Crippen LogP contribution in [0, 0.1) is 0 Å². The van der Waals surface area contributed by atoms with Crippen molar-refractivity contribution in [3.05, 3.63) is 58.1 Å². The Bertz CT molecular complexity index is 825. The van der Waals surface area contributed by atoms with E-state index in [9.17, 15) is 9.59 Å². The molecule has 0 spiro atoms. The monoisotopic (exact) mass is 422 g/mol. The summed E-state index contributed by atoms with van der Waals surface area (Å²) in [6, 6.07) is 12.8. The fourth-order valence-corrected chi connectivity index (χ4v) is 3.16. The molecular formula is C21H26Cl2N3O2+. The minimum atomic E-state index is -0.269. The largest absolute Gasteiger partial charge is 0.322 e. The van der Waals surface area contributed by atoms with Crippen molar-refractivity contribution in [3.63, 3.8) is 0 Å². The molecular weight excluding hydrogens is 397 g/mol. The lowest BCUT2D eigenvalue weighted by Gasteiger charge is -2.19. The van der Waals surface area contributed by atoms with Crippen LogP contribution in [0.2, 0.25) is 10.0 Å². The normalized spacial score (nSPS) is 12.4. The number of hydrogen-bond acceptors (Lipinski definition) is 2. The van der Waals surface area contributed by atoms with Crippen LogP contribution < -0.4 is 15.5 Å². The van der Waals surface area contributed by atoms with Crippen LogP contribution in [0.15, 0.2) is 42.5 Å². The standard InChI is InChI=1S/C21H25Cl2N3O2/c1-21(2,3)14-8-10-15(11-9-14)24-18(27)12-26(4)13-19(28)25-20-16(22)6-5-7-17(20)23/h5-11H,12-13H2,1-4H3,(H,24,27)(H,25,28)/p+1. The summed E-state index contributed by atoms with van der Waals surface area (Å²) >= 11 is 12.1. The molecule has 0 bridgehead atoms. The number of benzene rings is 2. The van der Waals surface area contributed by atoms with Crippen LogP contribution in [0.4, 0.5) is 11.4 Å². The highest BCUT2D eigenvalue weighted by molar-refractivity contribution is 6.39. The van der Waals surface area contributed by atoms with Crippen LogP contribution in [-0.2, 0) is 15.0 Å². The number of anilines is 2. The van der Waals surface area contributed by atoms with E-state index < -0.39 is 0 Å². The first kappa shape index (κ1) is 22.2. The molecule has 0 radical (unpaired) electrons. The van der Waals surface area contributed by atoms with Gasteiger partial charge in [0.1, 0.15) is 0 Å². The molecule has 2 rings (SSSR count). The lowest BCUT2D eigenvalue weighted by atomic mass is 9.87. The second-order valence-electron chi connectivity index (χ2n) is 7.83. The average molecular weight is 423 g/mol. The average Bonchev–Trinajstić information content (AvgIpc) is 2.57. The molecule has 2 aromatic rings. The van der Waals surface area contributed by atoms with Gasteiger partial charge in [0.05, 0.1) is 22.8 Å². The summed E-state index contributed by atoms with van der Waals surface area (Å²) in [5.74, 6) is -0.431. The molecule has 0 saturated carbocycles. The molecule has 3 N–H and O–H groups in total. The molecule has 0 saturated heterocycles. The van der Waals surface area contributed by atoms with Crippen LogP contribution in [-0.4, -0.2) is 32.0 Å². The summed E-state index contributed by atoms with van der Waals surface area (Å²) < 4.78 is 0. The van der Waals surface area contributed by atoms with Crippen molar-refractivity contribution < 1.29 is 14.5 Å². The van der Waals surface area contributed by atoms with Gasteiger partial charge in [0.25, 0.3) is 11.8 Å². The minimum Gasteiger partial charge on any atom is -0.322 e. The topological polar surface area (TPSA) is 62.6 Å². The third-order valence-corrected chi connectivity index (χ3v) is 4.82. The molecule has 0 aliphatic heterocycles. The number of carbonyl (C=O) groups is 2. The van der Waals surface area contributed by atoms with E-state index >= 15 is 0 Å². The Kier molecular flexibility index (Phi) is 7.47. The molecule has 5 nitrogen and oxygen atoms in total. The smallest absolute Gasteiger partial charge is 0.279 e. The van der Waals surface area contributed by atoms with E-state index in [-0.39, 0.29) is 30.3 Å². The third-order valence-electron chi connectivity index (χ3n) is 4.19. The minimum absolute atomic E-state index is 0.0603. The van der Waals surface area contributed by atoms with Crippen molar-refractivity contribution in [2.45, 2.75) is 26.2 Å². The van der Waals surface area contributed by atoms with Crippen LogP contribution in [0.5, 0.6) is 0 Å². The maximum atomic E-state index is 12.2. The van der Waals surface area contributed by atoms with Crippen molar-refractivity contribution in [2.24, 2.45) is 0 Å². The van der Waals surface area contributed by atoms with Gasteiger partial charge in [-0.3, -0.25) is 9.59 Å². The fraction of sp³-hybridized carbons (Fsp3) is 0.333. The van der Waals surface area contributed by atoms with E-state index in [4.69, 9.17) is 23.2 Å². The first-order valence-corrected chi connectivity index (χ1v) is 9.77. The Balaban J connectivity index is 1.86. The summed E-state index contributed by atoms with van der Waals surface area (Å²) in [4.78, 5) is 25.2. The van der Waals surface area contributed by atoms with Crippen LogP contribution in [0.1, 0.15) is 26.3 Å². The van der Waals surface area contributed by atoms with Crippen LogP contribution >= 0.6 is 23.2 Å². The second-order valence-corrected chi connectivity index (χ2v) is 8.65. The number of halogens is 2. The Morgan fingerprint density at radius 1 is 0.893 bits per heavy atom. The Morgan fingerprint density at radius 2 is 1.39 bits per heavy atom. The molecule has 2 aromatic carbocycles. The third kappa shape index (κ3) is 6.51. The number of quaternary nitrogens is 1. The van der Waals surface area contributed by atoms with Gasteiger partial charge >= 0.3 is 0 Å². The van der Waals surface area contributed by atoms with E-state index in [1.54, 1.807) is 25.2 Å². The number of carbonyl (C=O) groups excluding carboxylic acids is 2. The van der Waals surface area contributed by atoms with Gasteiger partial charge in [0, 0.05) is 5.69 Å². The number of nitrogens with one attached hydrogen (secondary N) is 3. The van der Waals surface area contributed by atoms with E-state index in [1.165, 1.54) is 5.56 Å². The lowest BCUT2D eigenvalue weighted by molar-refractivity contribution is -0.862.